The zero-order valence-corrected chi connectivity index (χ0v) is 14.3. The third-order valence-corrected chi connectivity index (χ3v) is 4.58. The van der Waals surface area contributed by atoms with Crippen LogP contribution in [0.5, 0.6) is 0 Å². The molecule has 0 bridgehead atoms. The van der Waals surface area contributed by atoms with Crippen molar-refractivity contribution in [1.29, 1.82) is 0 Å². The van der Waals surface area contributed by atoms with Gasteiger partial charge < -0.3 is 15.2 Å². The van der Waals surface area contributed by atoms with E-state index in [1.165, 1.54) is 0 Å². The Kier molecular flexibility index (Phi) is 5.73. The fraction of sp³-hybridized carbons (Fsp3) is 0.300. The molecule has 0 aliphatic heterocycles. The summed E-state index contributed by atoms with van der Waals surface area (Å²) in [6, 6.07) is 16.4. The maximum Gasteiger partial charge on any atom is 0.228 e. The minimum Gasteiger partial charge on any atom is -0.550 e. The van der Waals surface area contributed by atoms with Crippen LogP contribution in [0.2, 0.25) is 0 Å². The van der Waals surface area contributed by atoms with E-state index in [2.05, 4.69) is 15.5 Å². The summed E-state index contributed by atoms with van der Waals surface area (Å²) in [6.07, 6.45) is 2.76. The summed E-state index contributed by atoms with van der Waals surface area (Å²) in [4.78, 5) is 23.7. The number of anilines is 1. The molecule has 2 aromatic rings. The predicted octanol–water partition coefficient (Wildman–Crippen LogP) is 3.60. The number of carbonyl (C=O) groups excluding carboxylic acids is 2. The molecule has 0 saturated heterocycles. The van der Waals surface area contributed by atoms with Crippen LogP contribution in [0.1, 0.15) is 25.7 Å². The highest BCUT2D eigenvalue weighted by Gasteiger charge is 2.31. The highest BCUT2D eigenvalue weighted by atomic mass is 16.4. The maximum atomic E-state index is 12.4. The number of carboxylic acid groups (broad SMARTS) is 1. The lowest BCUT2D eigenvalue weighted by molar-refractivity contribution is -0.313. The number of hydrogen-bond donors (Lipinski definition) is 1. The number of rotatable bonds is 5. The van der Waals surface area contributed by atoms with Crippen molar-refractivity contribution in [3.8, 4) is 0 Å². The number of nitrogens with zero attached hydrogens (tertiary/aromatic N) is 2. The van der Waals surface area contributed by atoms with Crippen molar-refractivity contribution in [2.45, 2.75) is 25.7 Å². The molecule has 1 amide bonds. The lowest BCUT2D eigenvalue weighted by Crippen LogP contribution is -2.42. The molecule has 1 fully saturated rings. The van der Waals surface area contributed by atoms with Crippen LogP contribution in [0, 0.1) is 11.8 Å². The molecule has 0 aromatic heterocycles. The standard InChI is InChI=1S/C20H21N3O3/c24-19(17-8-4-5-9-18(17)20(25)26)21-14-10-12-16(13-11-14)23-22-15-6-2-1-3-7-15/h1-3,6-7,10-13,17-18H,4-5,8-9H2,(H,21,24)(H,25,26)/p-1/t17-,18-/m1/s1. The topological polar surface area (TPSA) is 93.9 Å². The summed E-state index contributed by atoms with van der Waals surface area (Å²) in [5.41, 5.74) is 2.03. The van der Waals surface area contributed by atoms with E-state index in [4.69, 9.17) is 0 Å². The Bertz CT molecular complexity index is 788. The van der Waals surface area contributed by atoms with E-state index in [-0.39, 0.29) is 5.91 Å². The van der Waals surface area contributed by atoms with Gasteiger partial charge >= 0.3 is 0 Å². The van der Waals surface area contributed by atoms with Gasteiger partial charge in [0.15, 0.2) is 0 Å². The molecule has 0 unspecified atom stereocenters. The van der Waals surface area contributed by atoms with E-state index >= 15 is 0 Å². The van der Waals surface area contributed by atoms with Crippen molar-refractivity contribution in [2.24, 2.45) is 22.1 Å². The molecule has 134 valence electrons. The number of benzene rings is 2. The number of aliphatic carboxylic acids is 1. The van der Waals surface area contributed by atoms with Crippen molar-refractivity contribution >= 4 is 28.9 Å². The van der Waals surface area contributed by atoms with Crippen LogP contribution in [-0.2, 0) is 9.59 Å². The van der Waals surface area contributed by atoms with Gasteiger partial charge in [0.1, 0.15) is 0 Å². The minimum atomic E-state index is -1.14. The van der Waals surface area contributed by atoms with E-state index < -0.39 is 17.8 Å². The van der Waals surface area contributed by atoms with Gasteiger partial charge in [0.2, 0.25) is 5.91 Å². The summed E-state index contributed by atoms with van der Waals surface area (Å²) in [5.74, 6) is -2.65. The predicted molar refractivity (Wildman–Crippen MR) is 96.1 cm³/mol. The molecule has 2 atom stereocenters. The normalized spacial score (nSPS) is 20.0. The van der Waals surface area contributed by atoms with E-state index in [0.29, 0.717) is 24.2 Å². The van der Waals surface area contributed by atoms with Crippen molar-refractivity contribution in [1.82, 2.24) is 0 Å². The summed E-state index contributed by atoms with van der Waals surface area (Å²) in [5, 5.41) is 22.3. The van der Waals surface area contributed by atoms with Crippen molar-refractivity contribution in [3.05, 3.63) is 54.6 Å². The summed E-state index contributed by atoms with van der Waals surface area (Å²) in [6.45, 7) is 0. The van der Waals surface area contributed by atoms with Gasteiger partial charge in [-0.1, -0.05) is 31.0 Å². The van der Waals surface area contributed by atoms with Gasteiger partial charge in [-0.15, -0.1) is 0 Å². The molecule has 3 rings (SSSR count). The molecule has 0 spiro atoms. The Morgan fingerprint density at radius 1 is 0.846 bits per heavy atom. The van der Waals surface area contributed by atoms with Crippen LogP contribution in [0.3, 0.4) is 0 Å². The highest BCUT2D eigenvalue weighted by molar-refractivity contribution is 5.95. The second kappa shape index (κ2) is 8.38. The molecule has 1 saturated carbocycles. The lowest BCUT2D eigenvalue weighted by Gasteiger charge is -2.31. The van der Waals surface area contributed by atoms with Gasteiger partial charge in [-0.2, -0.15) is 10.2 Å². The molecule has 1 N–H and O–H groups in total. The maximum absolute atomic E-state index is 12.4. The number of hydrogen-bond acceptors (Lipinski definition) is 5. The Labute approximate surface area is 152 Å². The zero-order chi connectivity index (χ0) is 18.4. The number of carbonyl (C=O) groups is 2. The number of nitrogens with one attached hydrogen (secondary N) is 1. The van der Waals surface area contributed by atoms with Gasteiger partial charge in [-0.3, -0.25) is 4.79 Å². The number of amides is 1. The molecular formula is C20H20N3O3-. The Balaban J connectivity index is 1.62. The van der Waals surface area contributed by atoms with Crippen LogP contribution >= 0.6 is 0 Å². The van der Waals surface area contributed by atoms with E-state index in [9.17, 15) is 14.7 Å². The summed E-state index contributed by atoms with van der Waals surface area (Å²) < 4.78 is 0. The Hall–Kier alpha value is -3.02. The smallest absolute Gasteiger partial charge is 0.228 e. The largest absolute Gasteiger partial charge is 0.550 e. The SMILES string of the molecule is O=C([O-])[C@@H]1CCCC[C@H]1C(=O)Nc1ccc(N=Nc2ccccc2)cc1. The first-order chi connectivity index (χ1) is 12.6. The number of azo groups is 1. The van der Waals surface area contributed by atoms with E-state index in [0.717, 1.165) is 18.5 Å². The van der Waals surface area contributed by atoms with Crippen molar-refractivity contribution in [2.75, 3.05) is 5.32 Å². The average molecular weight is 350 g/mol. The number of carboxylic acids is 1. The molecule has 6 heteroatoms. The van der Waals surface area contributed by atoms with Gasteiger partial charge in [0.25, 0.3) is 0 Å². The molecule has 26 heavy (non-hydrogen) atoms. The van der Waals surface area contributed by atoms with Crippen molar-refractivity contribution in [3.63, 3.8) is 0 Å². The summed E-state index contributed by atoms with van der Waals surface area (Å²) in [7, 11) is 0. The van der Waals surface area contributed by atoms with Gasteiger partial charge in [0.05, 0.1) is 11.4 Å². The average Bonchev–Trinajstić information content (AvgIpc) is 2.68. The summed E-state index contributed by atoms with van der Waals surface area (Å²) >= 11 is 0. The minimum absolute atomic E-state index is 0.266. The van der Waals surface area contributed by atoms with Crippen molar-refractivity contribution < 1.29 is 14.7 Å². The molecular weight excluding hydrogens is 330 g/mol. The Morgan fingerprint density at radius 3 is 2.04 bits per heavy atom. The van der Waals surface area contributed by atoms with Crippen LogP contribution in [-0.4, -0.2) is 11.9 Å². The van der Waals surface area contributed by atoms with Crippen LogP contribution in [0.25, 0.3) is 0 Å². The van der Waals surface area contributed by atoms with Crippen LogP contribution in [0.4, 0.5) is 17.1 Å². The van der Waals surface area contributed by atoms with Gasteiger partial charge in [0, 0.05) is 23.5 Å². The molecule has 0 radical (unpaired) electrons. The third kappa shape index (κ3) is 4.53. The molecule has 0 heterocycles. The highest BCUT2D eigenvalue weighted by Crippen LogP contribution is 2.31. The van der Waals surface area contributed by atoms with E-state index in [1.54, 1.807) is 24.3 Å². The molecule has 1 aliphatic carbocycles. The van der Waals surface area contributed by atoms with Crippen LogP contribution in [0.15, 0.2) is 64.8 Å². The third-order valence-electron chi connectivity index (χ3n) is 4.58. The molecule has 1 aliphatic rings. The second-order valence-electron chi connectivity index (χ2n) is 6.39. The first-order valence-electron chi connectivity index (χ1n) is 8.72. The molecule has 2 aromatic carbocycles. The van der Waals surface area contributed by atoms with Gasteiger partial charge in [-0.25, -0.2) is 0 Å². The van der Waals surface area contributed by atoms with Gasteiger partial charge in [-0.05, 0) is 49.2 Å². The fourth-order valence-electron chi connectivity index (χ4n) is 3.18. The lowest BCUT2D eigenvalue weighted by atomic mass is 9.78. The quantitative estimate of drug-likeness (QED) is 0.835. The molecule has 6 nitrogen and oxygen atoms in total. The fourth-order valence-corrected chi connectivity index (χ4v) is 3.18. The van der Waals surface area contributed by atoms with E-state index in [1.807, 2.05) is 30.3 Å². The van der Waals surface area contributed by atoms with Crippen LogP contribution < -0.4 is 10.4 Å². The monoisotopic (exact) mass is 350 g/mol. The second-order valence-corrected chi connectivity index (χ2v) is 6.39. The first kappa shape index (κ1) is 17.8. The zero-order valence-electron chi connectivity index (χ0n) is 14.3. The Morgan fingerprint density at radius 2 is 1.42 bits per heavy atom. The first-order valence-corrected chi connectivity index (χ1v) is 8.72.